The van der Waals surface area contributed by atoms with Gasteiger partial charge >= 0.3 is 0 Å². The Bertz CT molecular complexity index is 1110. The summed E-state index contributed by atoms with van der Waals surface area (Å²) in [4.78, 5) is 27.7. The maximum absolute atomic E-state index is 13.3. The normalized spacial score (nSPS) is 15.4. The van der Waals surface area contributed by atoms with Crippen molar-refractivity contribution in [2.24, 2.45) is 0 Å². The molecule has 2 amide bonds. The first-order chi connectivity index (χ1) is 15.6. The zero-order valence-corrected chi connectivity index (χ0v) is 17.9. The zero-order valence-electron chi connectivity index (χ0n) is 17.9. The molecule has 5 nitrogen and oxygen atoms in total. The molecule has 0 aliphatic carbocycles. The Kier molecular flexibility index (Phi) is 6.50. The van der Waals surface area contributed by atoms with E-state index in [2.05, 4.69) is 5.32 Å². The van der Waals surface area contributed by atoms with E-state index in [9.17, 15) is 14.0 Å². The number of amides is 2. The summed E-state index contributed by atoms with van der Waals surface area (Å²) in [6.45, 7) is 0.827. The van der Waals surface area contributed by atoms with Crippen molar-refractivity contribution in [2.45, 2.75) is 25.4 Å². The zero-order chi connectivity index (χ0) is 22.5. The summed E-state index contributed by atoms with van der Waals surface area (Å²) in [6.07, 6.45) is 1.39. The summed E-state index contributed by atoms with van der Waals surface area (Å²) in [6, 6.07) is 20.5. The van der Waals surface area contributed by atoms with Crippen molar-refractivity contribution in [1.82, 2.24) is 10.2 Å². The Hall–Kier alpha value is -3.67. The third-order valence-electron chi connectivity index (χ3n) is 5.72. The van der Waals surface area contributed by atoms with E-state index in [4.69, 9.17) is 4.74 Å². The highest BCUT2D eigenvalue weighted by Crippen LogP contribution is 2.30. The molecule has 1 saturated heterocycles. The largest absolute Gasteiger partial charge is 0.496 e. The molecular formula is C26H25FN2O3. The van der Waals surface area contributed by atoms with Crippen LogP contribution in [-0.4, -0.2) is 36.4 Å². The van der Waals surface area contributed by atoms with Crippen LogP contribution in [0.1, 0.15) is 28.8 Å². The molecule has 3 aromatic rings. The number of hydrogen-bond donors (Lipinski definition) is 1. The second-order valence-corrected chi connectivity index (χ2v) is 7.78. The lowest BCUT2D eigenvalue weighted by molar-refractivity contribution is -0.125. The number of likely N-dealkylation sites (tertiary alicyclic amines) is 1. The quantitative estimate of drug-likeness (QED) is 0.627. The van der Waals surface area contributed by atoms with Crippen LogP contribution >= 0.6 is 0 Å². The van der Waals surface area contributed by atoms with E-state index in [0.29, 0.717) is 25.1 Å². The molecule has 0 saturated carbocycles. The molecular weight excluding hydrogens is 407 g/mol. The SMILES string of the molecule is COc1ccccc1-c1cccc(C(=O)N2CCC[C@H]2C(=O)NCc2ccc(F)cc2)c1. The van der Waals surface area contributed by atoms with E-state index < -0.39 is 6.04 Å². The molecule has 1 aliphatic rings. The number of nitrogens with one attached hydrogen (secondary N) is 1. The van der Waals surface area contributed by atoms with Crippen LogP contribution in [0.3, 0.4) is 0 Å². The molecule has 6 heteroatoms. The fourth-order valence-corrected chi connectivity index (χ4v) is 4.06. The highest BCUT2D eigenvalue weighted by atomic mass is 19.1. The molecule has 1 heterocycles. The smallest absolute Gasteiger partial charge is 0.254 e. The summed E-state index contributed by atoms with van der Waals surface area (Å²) in [5, 5.41) is 2.88. The predicted molar refractivity (Wildman–Crippen MR) is 121 cm³/mol. The molecule has 1 aliphatic heterocycles. The monoisotopic (exact) mass is 432 g/mol. The summed E-state index contributed by atoms with van der Waals surface area (Å²) in [7, 11) is 1.62. The number of methoxy groups -OCH3 is 1. The topological polar surface area (TPSA) is 58.6 Å². The van der Waals surface area contributed by atoms with Gasteiger partial charge in [0.2, 0.25) is 5.91 Å². The van der Waals surface area contributed by atoms with Crippen LogP contribution in [0.25, 0.3) is 11.1 Å². The maximum atomic E-state index is 13.3. The highest BCUT2D eigenvalue weighted by Gasteiger charge is 2.34. The average Bonchev–Trinajstić information content (AvgIpc) is 3.33. The Balaban J connectivity index is 1.48. The van der Waals surface area contributed by atoms with Crippen molar-refractivity contribution in [2.75, 3.05) is 13.7 Å². The summed E-state index contributed by atoms with van der Waals surface area (Å²) in [5.41, 5.74) is 3.12. The average molecular weight is 432 g/mol. The number of rotatable bonds is 6. The number of hydrogen-bond acceptors (Lipinski definition) is 3. The number of para-hydroxylation sites is 1. The van der Waals surface area contributed by atoms with Crippen molar-refractivity contribution in [3.63, 3.8) is 0 Å². The van der Waals surface area contributed by atoms with Crippen molar-refractivity contribution in [1.29, 1.82) is 0 Å². The Labute approximate surface area is 186 Å². The molecule has 0 radical (unpaired) electrons. The lowest BCUT2D eigenvalue weighted by atomic mass is 10.0. The molecule has 4 rings (SSSR count). The van der Waals surface area contributed by atoms with E-state index in [1.165, 1.54) is 12.1 Å². The molecule has 1 fully saturated rings. The van der Waals surface area contributed by atoms with Crippen molar-refractivity contribution >= 4 is 11.8 Å². The van der Waals surface area contributed by atoms with Crippen LogP contribution in [0.4, 0.5) is 4.39 Å². The minimum absolute atomic E-state index is 0.166. The summed E-state index contributed by atoms with van der Waals surface area (Å²) >= 11 is 0. The van der Waals surface area contributed by atoms with Crippen molar-refractivity contribution in [3.05, 3.63) is 89.7 Å². The van der Waals surface area contributed by atoms with Crippen LogP contribution in [0.2, 0.25) is 0 Å². The second kappa shape index (κ2) is 9.64. The number of carbonyl (C=O) groups is 2. The van der Waals surface area contributed by atoms with Gasteiger partial charge in [0.15, 0.2) is 0 Å². The number of ether oxygens (including phenoxy) is 1. The lowest BCUT2D eigenvalue weighted by Crippen LogP contribution is -2.45. The third kappa shape index (κ3) is 4.64. The molecule has 0 unspecified atom stereocenters. The van der Waals surface area contributed by atoms with Crippen LogP contribution < -0.4 is 10.1 Å². The van der Waals surface area contributed by atoms with Crippen LogP contribution in [0, 0.1) is 5.82 Å². The number of benzene rings is 3. The Morgan fingerprint density at radius 2 is 1.84 bits per heavy atom. The standard InChI is InChI=1S/C26H25FN2O3/c1-32-24-10-3-2-8-22(24)19-6-4-7-20(16-19)26(31)29-15-5-9-23(29)25(30)28-17-18-11-13-21(27)14-12-18/h2-4,6-8,10-14,16,23H,5,9,15,17H2,1H3,(H,28,30)/t23-/m0/s1. The van der Waals surface area contributed by atoms with Gasteiger partial charge in [-0.25, -0.2) is 4.39 Å². The third-order valence-corrected chi connectivity index (χ3v) is 5.72. The minimum atomic E-state index is -0.516. The van der Waals surface area contributed by atoms with Gasteiger partial charge in [0.05, 0.1) is 7.11 Å². The van der Waals surface area contributed by atoms with Crippen molar-refractivity contribution < 1.29 is 18.7 Å². The van der Waals surface area contributed by atoms with Gasteiger partial charge < -0.3 is 15.0 Å². The molecule has 0 spiro atoms. The van der Waals surface area contributed by atoms with Crippen molar-refractivity contribution in [3.8, 4) is 16.9 Å². The number of halogens is 1. The van der Waals surface area contributed by atoms with E-state index in [-0.39, 0.29) is 17.6 Å². The second-order valence-electron chi connectivity index (χ2n) is 7.78. The Morgan fingerprint density at radius 3 is 2.62 bits per heavy atom. The molecule has 3 aromatic carbocycles. The van der Waals surface area contributed by atoms with E-state index in [1.54, 1.807) is 30.2 Å². The van der Waals surface area contributed by atoms with E-state index in [1.807, 2.05) is 42.5 Å². The van der Waals surface area contributed by atoms with Crippen LogP contribution in [0.5, 0.6) is 5.75 Å². The highest BCUT2D eigenvalue weighted by molar-refractivity contribution is 5.99. The maximum Gasteiger partial charge on any atom is 0.254 e. The van der Waals surface area contributed by atoms with Gasteiger partial charge in [-0.1, -0.05) is 42.5 Å². The molecule has 0 bridgehead atoms. The van der Waals surface area contributed by atoms with Gasteiger partial charge in [0.25, 0.3) is 5.91 Å². The van der Waals surface area contributed by atoms with Gasteiger partial charge in [-0.3, -0.25) is 9.59 Å². The van der Waals surface area contributed by atoms with Gasteiger partial charge in [-0.15, -0.1) is 0 Å². The predicted octanol–water partition coefficient (Wildman–Crippen LogP) is 4.42. The summed E-state index contributed by atoms with van der Waals surface area (Å²) < 4.78 is 18.5. The molecule has 0 aromatic heterocycles. The number of nitrogens with zero attached hydrogens (tertiary/aromatic N) is 1. The fourth-order valence-electron chi connectivity index (χ4n) is 4.06. The van der Waals surface area contributed by atoms with Crippen LogP contribution in [0.15, 0.2) is 72.8 Å². The first-order valence-electron chi connectivity index (χ1n) is 10.6. The summed E-state index contributed by atoms with van der Waals surface area (Å²) in [5.74, 6) is 0.0570. The van der Waals surface area contributed by atoms with Gasteiger partial charge in [0.1, 0.15) is 17.6 Å². The molecule has 1 atom stereocenters. The number of carbonyl (C=O) groups excluding carboxylic acids is 2. The fraction of sp³-hybridized carbons (Fsp3) is 0.231. The molecule has 32 heavy (non-hydrogen) atoms. The first-order valence-corrected chi connectivity index (χ1v) is 10.6. The van der Waals surface area contributed by atoms with E-state index in [0.717, 1.165) is 28.9 Å². The lowest BCUT2D eigenvalue weighted by Gasteiger charge is -2.24. The first kappa shape index (κ1) is 21.6. The van der Waals surface area contributed by atoms with E-state index >= 15 is 0 Å². The molecule has 1 N–H and O–H groups in total. The van der Waals surface area contributed by atoms with Gasteiger partial charge in [-0.05, 0) is 54.3 Å². The van der Waals surface area contributed by atoms with Crippen LogP contribution in [-0.2, 0) is 11.3 Å². The van der Waals surface area contributed by atoms with Gasteiger partial charge in [-0.2, -0.15) is 0 Å². The Morgan fingerprint density at radius 1 is 1.06 bits per heavy atom. The molecule has 164 valence electrons. The van der Waals surface area contributed by atoms with Gasteiger partial charge in [0, 0.05) is 24.2 Å². The minimum Gasteiger partial charge on any atom is -0.496 e.